The lowest BCUT2D eigenvalue weighted by Crippen LogP contribution is -2.51. The van der Waals surface area contributed by atoms with E-state index in [1.807, 2.05) is 17.9 Å². The van der Waals surface area contributed by atoms with Crippen molar-refractivity contribution >= 4 is 17.5 Å². The molecule has 20 heavy (non-hydrogen) atoms. The van der Waals surface area contributed by atoms with Gasteiger partial charge in [0.05, 0.1) is 18.8 Å². The molecule has 1 aromatic rings. The van der Waals surface area contributed by atoms with E-state index < -0.39 is 0 Å². The van der Waals surface area contributed by atoms with E-state index in [2.05, 4.69) is 4.98 Å². The quantitative estimate of drug-likeness (QED) is 0.788. The van der Waals surface area contributed by atoms with Crippen LogP contribution in [0.25, 0.3) is 0 Å². The van der Waals surface area contributed by atoms with Crippen molar-refractivity contribution < 1.29 is 9.53 Å². The average molecular weight is 295 g/mol. The highest BCUT2D eigenvalue weighted by molar-refractivity contribution is 6.29. The number of hydrogen-bond acceptors (Lipinski definition) is 3. The fourth-order valence-electron chi connectivity index (χ4n) is 3.20. The Morgan fingerprint density at radius 1 is 1.50 bits per heavy atom. The normalized spacial score (nSPS) is 25.6. The molecule has 0 spiro atoms. The Morgan fingerprint density at radius 3 is 3.15 bits per heavy atom. The Morgan fingerprint density at radius 2 is 2.35 bits per heavy atom. The largest absolute Gasteiger partial charge is 0.374 e. The number of carbonyl (C=O) groups is 1. The number of amides is 1. The Kier molecular flexibility index (Phi) is 3.94. The predicted molar refractivity (Wildman–Crippen MR) is 77.0 cm³/mol. The van der Waals surface area contributed by atoms with Gasteiger partial charge in [0, 0.05) is 17.8 Å². The maximum atomic E-state index is 12.7. The maximum absolute atomic E-state index is 12.7. The number of rotatable bonds is 2. The van der Waals surface area contributed by atoms with Crippen LogP contribution in [0.4, 0.5) is 0 Å². The minimum atomic E-state index is 0.0594. The minimum absolute atomic E-state index is 0.0594. The number of fused-ring (bicyclic) bond motifs is 1. The Hall–Kier alpha value is -1.13. The summed E-state index contributed by atoms with van der Waals surface area (Å²) < 4.78 is 5.75. The molecule has 1 amide bonds. The van der Waals surface area contributed by atoms with Crippen molar-refractivity contribution in [1.82, 2.24) is 9.88 Å². The van der Waals surface area contributed by atoms with E-state index in [0.29, 0.717) is 23.9 Å². The van der Waals surface area contributed by atoms with Gasteiger partial charge in [0.15, 0.2) is 0 Å². The number of carbonyl (C=O) groups excluding carboxylic acids is 1. The molecular weight excluding hydrogens is 276 g/mol. The summed E-state index contributed by atoms with van der Waals surface area (Å²) in [5.41, 5.74) is 1.51. The van der Waals surface area contributed by atoms with E-state index in [1.54, 1.807) is 6.07 Å². The van der Waals surface area contributed by atoms with Gasteiger partial charge < -0.3 is 9.64 Å². The lowest BCUT2D eigenvalue weighted by molar-refractivity contribution is -0.0445. The second kappa shape index (κ2) is 5.70. The van der Waals surface area contributed by atoms with Gasteiger partial charge in [-0.1, -0.05) is 18.5 Å². The van der Waals surface area contributed by atoms with E-state index >= 15 is 0 Å². The summed E-state index contributed by atoms with van der Waals surface area (Å²) in [5, 5.41) is 0.393. The molecule has 0 radical (unpaired) electrons. The van der Waals surface area contributed by atoms with Crippen molar-refractivity contribution in [2.75, 3.05) is 13.2 Å². The number of morpholine rings is 1. The SMILES string of the molecule is CCc1cc(C(=O)N2CCOC3CCCC32)cc(Cl)n1. The van der Waals surface area contributed by atoms with E-state index in [4.69, 9.17) is 16.3 Å². The molecule has 108 valence electrons. The molecule has 1 saturated carbocycles. The van der Waals surface area contributed by atoms with Crippen molar-refractivity contribution in [3.05, 3.63) is 28.5 Å². The number of halogens is 1. The second-order valence-corrected chi connectivity index (χ2v) is 5.82. The van der Waals surface area contributed by atoms with Crippen LogP contribution in [0.5, 0.6) is 0 Å². The molecule has 2 fully saturated rings. The van der Waals surface area contributed by atoms with E-state index in [-0.39, 0.29) is 18.1 Å². The molecule has 2 unspecified atom stereocenters. The Balaban J connectivity index is 1.86. The molecule has 1 aromatic heterocycles. The minimum Gasteiger partial charge on any atom is -0.374 e. The van der Waals surface area contributed by atoms with E-state index in [1.165, 1.54) is 0 Å². The van der Waals surface area contributed by atoms with Crippen LogP contribution in [-0.4, -0.2) is 41.1 Å². The standard InChI is InChI=1S/C15H19ClN2O2/c1-2-11-8-10(9-14(16)17-11)15(19)18-6-7-20-13-5-3-4-12(13)18/h8-9,12-13H,2-7H2,1H3. The van der Waals surface area contributed by atoms with Crippen molar-refractivity contribution in [2.45, 2.75) is 44.8 Å². The third kappa shape index (κ3) is 2.54. The van der Waals surface area contributed by atoms with E-state index in [9.17, 15) is 4.79 Å². The number of pyridine rings is 1. The molecule has 1 aliphatic carbocycles. The Bertz CT molecular complexity index is 521. The van der Waals surface area contributed by atoms with Gasteiger partial charge in [0.2, 0.25) is 0 Å². The fourth-order valence-corrected chi connectivity index (χ4v) is 3.43. The number of ether oxygens (including phenoxy) is 1. The summed E-state index contributed by atoms with van der Waals surface area (Å²) in [6.45, 7) is 3.31. The molecule has 2 heterocycles. The van der Waals surface area contributed by atoms with Crippen molar-refractivity contribution in [3.63, 3.8) is 0 Å². The molecule has 0 N–H and O–H groups in total. The molecular formula is C15H19ClN2O2. The second-order valence-electron chi connectivity index (χ2n) is 5.43. The van der Waals surface area contributed by atoms with Crippen LogP contribution in [0, 0.1) is 0 Å². The molecule has 2 atom stereocenters. The van der Waals surface area contributed by atoms with Gasteiger partial charge in [-0.2, -0.15) is 0 Å². The molecule has 4 nitrogen and oxygen atoms in total. The predicted octanol–water partition coefficient (Wildman–Crippen LogP) is 2.69. The number of aryl methyl sites for hydroxylation is 1. The van der Waals surface area contributed by atoms with Crippen LogP contribution in [0.2, 0.25) is 5.15 Å². The van der Waals surface area contributed by atoms with Gasteiger partial charge in [-0.05, 0) is 37.8 Å². The first-order valence-electron chi connectivity index (χ1n) is 7.28. The first-order valence-corrected chi connectivity index (χ1v) is 7.66. The summed E-state index contributed by atoms with van der Waals surface area (Å²) in [5.74, 6) is 0.0594. The topological polar surface area (TPSA) is 42.4 Å². The van der Waals surface area contributed by atoms with Gasteiger partial charge in [-0.25, -0.2) is 4.98 Å². The molecule has 1 aliphatic heterocycles. The number of nitrogens with zero attached hydrogens (tertiary/aromatic N) is 2. The fraction of sp³-hybridized carbons (Fsp3) is 0.600. The van der Waals surface area contributed by atoms with Crippen LogP contribution in [0.15, 0.2) is 12.1 Å². The summed E-state index contributed by atoms with van der Waals surface area (Å²) >= 11 is 6.02. The number of hydrogen-bond donors (Lipinski definition) is 0. The smallest absolute Gasteiger partial charge is 0.254 e. The highest BCUT2D eigenvalue weighted by Crippen LogP contribution is 2.30. The first kappa shape index (κ1) is 13.8. The zero-order valence-corrected chi connectivity index (χ0v) is 12.4. The van der Waals surface area contributed by atoms with Crippen LogP contribution < -0.4 is 0 Å². The summed E-state index contributed by atoms with van der Waals surface area (Å²) in [6.07, 6.45) is 4.23. The third-order valence-electron chi connectivity index (χ3n) is 4.20. The van der Waals surface area contributed by atoms with Crippen molar-refractivity contribution in [2.24, 2.45) is 0 Å². The van der Waals surface area contributed by atoms with Crippen LogP contribution in [0.1, 0.15) is 42.2 Å². The first-order chi connectivity index (χ1) is 9.69. The van der Waals surface area contributed by atoms with Gasteiger partial charge in [0.25, 0.3) is 5.91 Å². The maximum Gasteiger partial charge on any atom is 0.254 e. The van der Waals surface area contributed by atoms with Gasteiger partial charge in [-0.3, -0.25) is 4.79 Å². The summed E-state index contributed by atoms with van der Waals surface area (Å²) in [7, 11) is 0. The molecule has 0 aromatic carbocycles. The van der Waals surface area contributed by atoms with E-state index in [0.717, 1.165) is 31.4 Å². The van der Waals surface area contributed by atoms with Gasteiger partial charge >= 0.3 is 0 Å². The van der Waals surface area contributed by atoms with Crippen LogP contribution in [0.3, 0.4) is 0 Å². The lowest BCUT2D eigenvalue weighted by atomic mass is 10.1. The highest BCUT2D eigenvalue weighted by atomic mass is 35.5. The van der Waals surface area contributed by atoms with Gasteiger partial charge in [0.1, 0.15) is 5.15 Å². The van der Waals surface area contributed by atoms with Crippen LogP contribution >= 0.6 is 11.6 Å². The van der Waals surface area contributed by atoms with Crippen LogP contribution in [-0.2, 0) is 11.2 Å². The number of aromatic nitrogens is 1. The molecule has 5 heteroatoms. The molecule has 0 bridgehead atoms. The summed E-state index contributed by atoms with van der Waals surface area (Å²) in [4.78, 5) is 18.9. The lowest BCUT2D eigenvalue weighted by Gasteiger charge is -2.37. The Labute approximate surface area is 124 Å². The zero-order valence-electron chi connectivity index (χ0n) is 11.6. The molecule has 2 aliphatic rings. The molecule has 3 rings (SSSR count). The van der Waals surface area contributed by atoms with Gasteiger partial charge in [-0.15, -0.1) is 0 Å². The molecule has 1 saturated heterocycles. The van der Waals surface area contributed by atoms with Crippen molar-refractivity contribution in [1.29, 1.82) is 0 Å². The monoisotopic (exact) mass is 294 g/mol. The highest BCUT2D eigenvalue weighted by Gasteiger charge is 2.38. The average Bonchev–Trinajstić information content (AvgIpc) is 2.94. The summed E-state index contributed by atoms with van der Waals surface area (Å²) in [6, 6.07) is 3.75. The zero-order chi connectivity index (χ0) is 14.1. The third-order valence-corrected chi connectivity index (χ3v) is 4.39. The van der Waals surface area contributed by atoms with Crippen molar-refractivity contribution in [3.8, 4) is 0 Å².